The summed E-state index contributed by atoms with van der Waals surface area (Å²) in [4.78, 5) is 41.4. The van der Waals surface area contributed by atoms with Crippen LogP contribution in [0.25, 0.3) is 10.9 Å². The first-order valence-electron chi connectivity index (χ1n) is 12.1. The summed E-state index contributed by atoms with van der Waals surface area (Å²) in [6.07, 6.45) is -5.14. The second-order valence-electron chi connectivity index (χ2n) is 9.47. The molecule has 0 aliphatic carbocycles. The van der Waals surface area contributed by atoms with Crippen LogP contribution < -0.4 is 21.3 Å². The maximum absolute atomic E-state index is 13.4. The molecule has 16 heteroatoms. The first-order chi connectivity index (χ1) is 19.2. The third-order valence-electron chi connectivity index (χ3n) is 6.23. The lowest BCUT2D eigenvalue weighted by atomic mass is 9.87. The maximum Gasteiger partial charge on any atom is 0.416 e. The van der Waals surface area contributed by atoms with Gasteiger partial charge >= 0.3 is 12.1 Å². The number of aliphatic imine (C=N–C) groups is 1. The van der Waals surface area contributed by atoms with E-state index in [-0.39, 0.29) is 29.2 Å². The van der Waals surface area contributed by atoms with Gasteiger partial charge in [0.2, 0.25) is 5.91 Å². The summed E-state index contributed by atoms with van der Waals surface area (Å²) in [6.45, 7) is 0.605. The van der Waals surface area contributed by atoms with Gasteiger partial charge in [0.15, 0.2) is 5.96 Å². The van der Waals surface area contributed by atoms with Gasteiger partial charge in [-0.3, -0.25) is 19.5 Å². The van der Waals surface area contributed by atoms with Crippen molar-refractivity contribution in [3.8, 4) is 0 Å². The van der Waals surface area contributed by atoms with E-state index >= 15 is 0 Å². The Hall–Kier alpha value is -4.40. The Morgan fingerprint density at radius 2 is 1.95 bits per heavy atom. The minimum absolute atomic E-state index is 0.0361. The van der Waals surface area contributed by atoms with Crippen LogP contribution >= 0.6 is 11.6 Å². The molecule has 0 bridgehead atoms. The van der Waals surface area contributed by atoms with Gasteiger partial charge in [0, 0.05) is 16.0 Å². The number of hydrogen-bond acceptors (Lipinski definition) is 7. The topological polar surface area (TPSA) is 161 Å². The Kier molecular flexibility index (Phi) is 8.37. The molecule has 0 saturated carbocycles. The Morgan fingerprint density at radius 3 is 2.61 bits per heavy atom. The number of H-pyrrole nitrogens is 1. The van der Waals surface area contributed by atoms with E-state index in [1.54, 1.807) is 0 Å². The van der Waals surface area contributed by atoms with Crippen LogP contribution in [0.3, 0.4) is 0 Å². The number of anilines is 1. The van der Waals surface area contributed by atoms with Crippen LogP contribution in [0.5, 0.6) is 0 Å². The van der Waals surface area contributed by atoms with E-state index in [9.17, 15) is 37.1 Å². The lowest BCUT2D eigenvalue weighted by Gasteiger charge is -2.31. The highest BCUT2D eigenvalue weighted by molar-refractivity contribution is 6.31. The minimum atomic E-state index is -4.74. The molecule has 6 N–H and O–H groups in total. The number of fused-ring (bicyclic) bond motifs is 1. The van der Waals surface area contributed by atoms with Crippen molar-refractivity contribution in [2.24, 2.45) is 4.99 Å². The Morgan fingerprint density at radius 1 is 1.20 bits per heavy atom. The van der Waals surface area contributed by atoms with Crippen LogP contribution in [0.4, 0.5) is 23.2 Å². The van der Waals surface area contributed by atoms with Crippen molar-refractivity contribution >= 4 is 51.9 Å². The number of aliphatic carboxylic acids is 1. The van der Waals surface area contributed by atoms with Crippen molar-refractivity contribution in [1.29, 1.82) is 0 Å². The summed E-state index contributed by atoms with van der Waals surface area (Å²) in [5.74, 6) is -2.68. The largest absolute Gasteiger partial charge is 0.481 e. The van der Waals surface area contributed by atoms with E-state index < -0.39 is 54.2 Å². The van der Waals surface area contributed by atoms with Gasteiger partial charge in [-0.25, -0.2) is 9.38 Å². The number of benzene rings is 2. The molecule has 2 heterocycles. The number of alkyl halides is 4. The molecule has 41 heavy (non-hydrogen) atoms. The first-order valence-corrected chi connectivity index (χ1v) is 12.5. The molecule has 1 aliphatic rings. The third kappa shape index (κ3) is 7.03. The van der Waals surface area contributed by atoms with Gasteiger partial charge in [-0.05, 0) is 42.8 Å². The molecular weight excluding hydrogens is 574 g/mol. The number of guanidine groups is 1. The van der Waals surface area contributed by atoms with Crippen molar-refractivity contribution in [3.63, 3.8) is 0 Å². The Balaban J connectivity index is 1.50. The van der Waals surface area contributed by atoms with Crippen molar-refractivity contribution in [1.82, 2.24) is 26.1 Å². The van der Waals surface area contributed by atoms with Crippen molar-refractivity contribution in [2.45, 2.75) is 31.2 Å². The maximum atomic E-state index is 13.4. The van der Waals surface area contributed by atoms with Gasteiger partial charge in [0.25, 0.3) is 5.91 Å². The standard InChI is InChI=1S/C25H24ClF4N7O4/c1-24(7-21(39)40,16-6-13(25(28,29)30)2-3-17(16)26)36-20(38)11-31-22(41)12-4-18(15-10-34-37-19(15)5-12)35-23-32-8-14(27)9-33-23/h2-6,10,14H,7-9,11H2,1H3,(H,31,41)(H,34,37)(H,36,38)(H,39,40)(H2,32,33,35). The Labute approximate surface area is 234 Å². The van der Waals surface area contributed by atoms with Crippen LogP contribution in [-0.2, 0) is 21.3 Å². The Bertz CT molecular complexity index is 1530. The van der Waals surface area contributed by atoms with E-state index in [1.807, 2.05) is 0 Å². The van der Waals surface area contributed by atoms with Crippen molar-refractivity contribution < 1.29 is 37.1 Å². The number of carboxylic acids is 1. The van der Waals surface area contributed by atoms with Gasteiger partial charge in [-0.1, -0.05) is 11.6 Å². The fourth-order valence-corrected chi connectivity index (χ4v) is 4.59. The molecule has 0 spiro atoms. The predicted molar refractivity (Wildman–Crippen MR) is 141 cm³/mol. The van der Waals surface area contributed by atoms with Crippen molar-refractivity contribution in [3.05, 3.63) is 58.2 Å². The summed E-state index contributed by atoms with van der Waals surface area (Å²) in [6, 6.07) is 5.33. The van der Waals surface area contributed by atoms with Gasteiger partial charge in [-0.2, -0.15) is 18.3 Å². The zero-order valence-electron chi connectivity index (χ0n) is 21.3. The van der Waals surface area contributed by atoms with Gasteiger partial charge in [-0.15, -0.1) is 0 Å². The van der Waals surface area contributed by atoms with E-state index in [4.69, 9.17) is 11.6 Å². The van der Waals surface area contributed by atoms with E-state index in [0.717, 1.165) is 12.1 Å². The second-order valence-corrected chi connectivity index (χ2v) is 9.88. The van der Waals surface area contributed by atoms with Gasteiger partial charge in [0.1, 0.15) is 6.17 Å². The fourth-order valence-electron chi connectivity index (χ4n) is 4.26. The molecule has 1 aliphatic heterocycles. The van der Waals surface area contributed by atoms with Crippen LogP contribution in [0.2, 0.25) is 5.02 Å². The molecule has 3 aromatic rings. The second kappa shape index (κ2) is 11.6. The molecule has 1 aromatic heterocycles. The number of amides is 2. The number of hydrogen-bond donors (Lipinski definition) is 6. The van der Waals surface area contributed by atoms with Gasteiger partial charge < -0.3 is 26.4 Å². The number of carbonyl (C=O) groups is 3. The first kappa shape index (κ1) is 29.6. The summed E-state index contributed by atoms with van der Waals surface area (Å²) < 4.78 is 53.3. The molecule has 2 atom stereocenters. The zero-order chi connectivity index (χ0) is 29.9. The normalized spacial score (nSPS) is 16.7. The highest BCUT2D eigenvalue weighted by atomic mass is 35.5. The zero-order valence-corrected chi connectivity index (χ0v) is 22.1. The minimum Gasteiger partial charge on any atom is -0.481 e. The molecule has 2 amide bonds. The monoisotopic (exact) mass is 597 g/mol. The predicted octanol–water partition coefficient (Wildman–Crippen LogP) is 3.18. The molecule has 0 fully saturated rings. The van der Waals surface area contributed by atoms with Crippen molar-refractivity contribution in [2.75, 3.05) is 25.0 Å². The molecule has 0 saturated heterocycles. The number of aromatic nitrogens is 2. The average Bonchev–Trinajstić information content (AvgIpc) is 3.37. The van der Waals surface area contributed by atoms with Gasteiger partial charge in [0.05, 0.1) is 54.6 Å². The number of halogens is 5. The smallest absolute Gasteiger partial charge is 0.416 e. The lowest BCUT2D eigenvalue weighted by Crippen LogP contribution is -2.49. The molecule has 2 unspecified atom stereocenters. The fraction of sp³-hybridized carbons (Fsp3) is 0.320. The SMILES string of the molecule is CC(CC(=O)O)(NC(=O)CNC(=O)c1cc(NC2=NCC(F)CN2)c2cn[nH]c2c1)c1cc(C(F)(F)F)ccc1Cl. The lowest BCUT2D eigenvalue weighted by molar-refractivity contribution is -0.139. The number of nitrogens with one attached hydrogen (secondary N) is 5. The van der Waals surface area contributed by atoms with E-state index in [2.05, 4.69) is 36.5 Å². The number of carbonyl (C=O) groups excluding carboxylic acids is 2. The number of rotatable bonds is 8. The third-order valence-corrected chi connectivity index (χ3v) is 6.56. The highest BCUT2D eigenvalue weighted by Crippen LogP contribution is 2.37. The van der Waals surface area contributed by atoms with E-state index in [0.29, 0.717) is 28.6 Å². The van der Waals surface area contributed by atoms with Crippen LogP contribution in [0, 0.1) is 0 Å². The average molecular weight is 598 g/mol. The number of carboxylic acid groups (broad SMARTS) is 1. The molecule has 2 aromatic carbocycles. The number of aromatic amines is 1. The number of nitrogens with zero attached hydrogens (tertiary/aromatic N) is 2. The van der Waals surface area contributed by atoms with Crippen LogP contribution in [0.15, 0.2) is 41.5 Å². The van der Waals surface area contributed by atoms with Crippen LogP contribution in [0.1, 0.15) is 34.8 Å². The summed E-state index contributed by atoms with van der Waals surface area (Å²) >= 11 is 6.11. The molecular formula is C25H24ClF4N7O4. The van der Waals surface area contributed by atoms with Crippen LogP contribution in [-0.4, -0.2) is 64.9 Å². The molecule has 11 nitrogen and oxygen atoms in total. The molecule has 4 rings (SSSR count). The highest BCUT2D eigenvalue weighted by Gasteiger charge is 2.37. The quantitative estimate of drug-likeness (QED) is 0.217. The summed E-state index contributed by atoms with van der Waals surface area (Å²) in [5, 5.41) is 27.1. The molecule has 218 valence electrons. The summed E-state index contributed by atoms with van der Waals surface area (Å²) in [7, 11) is 0. The van der Waals surface area contributed by atoms with E-state index in [1.165, 1.54) is 25.3 Å². The summed E-state index contributed by atoms with van der Waals surface area (Å²) in [5.41, 5.74) is -2.18. The molecule has 0 radical (unpaired) electrons.